The predicted octanol–water partition coefficient (Wildman–Crippen LogP) is 5.65. The lowest BCUT2D eigenvalue weighted by atomic mass is 9.69. The lowest BCUT2D eigenvalue weighted by Gasteiger charge is -2.37. The van der Waals surface area contributed by atoms with Crippen LogP contribution in [0.25, 0.3) is 0 Å². The zero-order valence-corrected chi connectivity index (χ0v) is 60.5. The minimum absolute atomic E-state index is 0. The van der Waals surface area contributed by atoms with Crippen LogP contribution in [0.1, 0.15) is 119 Å². The summed E-state index contributed by atoms with van der Waals surface area (Å²) in [7, 11) is 10.7. The molecule has 3 aliphatic carbocycles. The van der Waals surface area contributed by atoms with E-state index in [4.69, 9.17) is 68.8 Å². The van der Waals surface area contributed by atoms with Gasteiger partial charge in [0.05, 0.1) is 49.8 Å². The number of ether oxygens (including phenoxy) is 9. The number of hydrogen-bond acceptors (Lipinski definition) is 22. The van der Waals surface area contributed by atoms with E-state index in [1.807, 2.05) is 64.1 Å². The highest BCUT2D eigenvalue weighted by Crippen LogP contribution is 2.59. The first-order valence-electron chi connectivity index (χ1n) is 33.6. The van der Waals surface area contributed by atoms with Crippen molar-refractivity contribution < 1.29 is 92.4 Å². The number of rotatable bonds is 14. The Bertz CT molecular complexity index is 3360. The maximum Gasteiger partial charge on any atom is 0.374 e. The van der Waals surface area contributed by atoms with Crippen LogP contribution in [-0.2, 0) is 69.3 Å². The molecule has 0 radical (unpaired) electrons. The predicted molar refractivity (Wildman–Crippen MR) is 378 cm³/mol. The Kier molecular flexibility index (Phi) is 27.2. The van der Waals surface area contributed by atoms with E-state index in [9.17, 15) is 29.3 Å². The largest absolute Gasteiger partial charge is 0.493 e. The molecule has 1 fully saturated rings. The van der Waals surface area contributed by atoms with Crippen LogP contribution in [0.3, 0.4) is 0 Å². The summed E-state index contributed by atoms with van der Waals surface area (Å²) in [6.07, 6.45) is 14.6. The molecule has 0 bridgehead atoms. The smallest absolute Gasteiger partial charge is 0.374 e. The number of aliphatic hydroxyl groups is 3. The van der Waals surface area contributed by atoms with E-state index in [-0.39, 0.29) is 97.5 Å². The average Bonchev–Trinajstić information content (AvgIpc) is 1.58. The number of nitrogens with one attached hydrogen (secondary N) is 1. The van der Waals surface area contributed by atoms with Crippen LogP contribution in [0.5, 0.6) is 34.5 Å². The number of nitrogens with zero attached hydrogens (tertiary/aromatic N) is 3. The molecule has 0 amide bonds. The van der Waals surface area contributed by atoms with Gasteiger partial charge < -0.3 is 98.8 Å². The molecule has 10 aliphatic rings. The van der Waals surface area contributed by atoms with E-state index in [1.54, 1.807) is 28.2 Å². The second-order valence-corrected chi connectivity index (χ2v) is 27.8. The number of benzene rings is 3. The van der Waals surface area contributed by atoms with E-state index in [0.29, 0.717) is 25.4 Å². The number of carboxylic acid groups (broad SMARTS) is 2. The minimum atomic E-state index is -2.27. The van der Waals surface area contributed by atoms with Crippen molar-refractivity contribution in [3.63, 3.8) is 0 Å². The molecule has 3 aromatic carbocycles. The standard InChI is InChI=1S/C23H33BN2O5.C22H30N2O4.C17H21NO3.C5H10O.C4H6O6.2H2S/c1-14(2)20(25-24(3)28)22(27)30-16-8-9-23-10-11-26(4)13-15-6-7-17(29-5)21(19(15)23)31-18(23)12-16;1-13(2)19(23)21(25)27-15-7-8-22-9-10-24(3)12-14-5-6-16(26-4)20(18(14)22)28-17(22)11-15;1-18-8-7-17-6-5-12(19)9-14(17)21-16-13(20-2)4-3-11(10-18)15(16)17;1-5-3-2-4-6-5;5-1(3(7)8)2(6)4(9)10;;/h6-9,14,16,18,20,25,28H,10-13H2,1-5H3;5-8,13,15,17,19H,9-12,23H2,1-4H3;3-6,12,14,19H,7-10H2,1-2H3;5H,2-4H2,1H3;1-2,5-6H,(H,7,8)(H,9,10);2*1H2/t16-,18-,20+,23-;15-,17-,19+,22-;12-,14-,17-;;1-,2-;;/m000.1../s1. The fourth-order valence-electron chi connectivity index (χ4n) is 14.9. The summed E-state index contributed by atoms with van der Waals surface area (Å²) in [6, 6.07) is 11.2. The highest BCUT2D eigenvalue weighted by Gasteiger charge is 2.56. The lowest BCUT2D eigenvalue weighted by molar-refractivity contribution is -0.165. The van der Waals surface area contributed by atoms with Gasteiger partial charge in [0, 0.05) is 62.2 Å². The van der Waals surface area contributed by atoms with E-state index >= 15 is 0 Å². The molecule has 7 heterocycles. The molecule has 14 atom stereocenters. The van der Waals surface area contributed by atoms with Crippen LogP contribution in [0, 0.1) is 11.8 Å². The quantitative estimate of drug-likeness (QED) is 0.0549. The van der Waals surface area contributed by atoms with Crippen LogP contribution >= 0.6 is 27.0 Å². The van der Waals surface area contributed by atoms with Crippen molar-refractivity contribution in [1.82, 2.24) is 19.9 Å². The first-order chi connectivity index (χ1) is 45.6. The molecule has 27 heteroatoms. The van der Waals surface area contributed by atoms with Gasteiger partial charge in [-0.2, -0.15) is 27.0 Å². The van der Waals surface area contributed by atoms with Crippen molar-refractivity contribution in [3.05, 3.63) is 106 Å². The second kappa shape index (κ2) is 33.6. The molecule has 3 aromatic rings. The number of carboxylic acids is 2. The molecule has 542 valence electrons. The summed E-state index contributed by atoms with van der Waals surface area (Å²) in [6.45, 7) is 18.1. The number of carbonyl (C=O) groups is 4. The molecular formula is C71H104BN5O19S2. The molecule has 0 aromatic heterocycles. The Morgan fingerprint density at radius 2 is 0.990 bits per heavy atom. The summed E-state index contributed by atoms with van der Waals surface area (Å²) in [4.78, 5) is 51.7. The van der Waals surface area contributed by atoms with Gasteiger partial charge >= 0.3 is 30.9 Å². The maximum absolute atomic E-state index is 12.8. The van der Waals surface area contributed by atoms with Crippen LogP contribution in [0.2, 0.25) is 6.82 Å². The molecule has 1 saturated heterocycles. The average molecular weight is 1410 g/mol. The number of esters is 2. The maximum atomic E-state index is 12.8. The first-order valence-corrected chi connectivity index (χ1v) is 33.6. The van der Waals surface area contributed by atoms with Gasteiger partial charge in [-0.3, -0.25) is 9.59 Å². The second-order valence-electron chi connectivity index (χ2n) is 27.8. The van der Waals surface area contributed by atoms with Gasteiger partial charge in [0.1, 0.15) is 42.6 Å². The molecule has 0 saturated carbocycles. The normalized spacial score (nSPS) is 28.2. The highest BCUT2D eigenvalue weighted by atomic mass is 32.1. The SMILES string of the molecule is CC1CCCO1.COc1ccc2c3c1O[C@H]1C[C@@H](O)C=C[C@@]31CCN(C)C2.COc1ccc2c3c1O[C@H]1C[C@@H](OC(=O)[C@H](N)C(C)C)C=C[C@@]31CCN(C)C2.COc1ccc2c3c1O[C@H]1C[C@@H](OC(=O)[C@H](NB(C)O)C(C)C)C=C[C@@]31CCN(C)C2.O=C(O)[C@H](O)[C@@H](O)C(=O)O.S.S. The monoisotopic (exact) mass is 1410 g/mol. The van der Waals surface area contributed by atoms with Crippen molar-refractivity contribution in [2.24, 2.45) is 17.6 Å². The third kappa shape index (κ3) is 16.8. The van der Waals surface area contributed by atoms with Crippen molar-refractivity contribution in [3.8, 4) is 34.5 Å². The van der Waals surface area contributed by atoms with Gasteiger partial charge in [-0.1, -0.05) is 70.2 Å². The fourth-order valence-corrected chi connectivity index (χ4v) is 14.9. The lowest BCUT2D eigenvalue weighted by Crippen LogP contribution is -2.50. The summed E-state index contributed by atoms with van der Waals surface area (Å²) in [5.41, 5.74) is 13.0. The first kappa shape index (κ1) is 79.3. The van der Waals surface area contributed by atoms with Crippen LogP contribution < -0.4 is 39.4 Å². The summed E-state index contributed by atoms with van der Waals surface area (Å²) >= 11 is 0. The number of hydrogen-bond donors (Lipinski definition) is 8. The zero-order chi connectivity index (χ0) is 69.7. The van der Waals surface area contributed by atoms with Crippen molar-refractivity contribution in [2.45, 2.75) is 196 Å². The molecule has 9 N–H and O–H groups in total. The van der Waals surface area contributed by atoms with E-state index < -0.39 is 49.4 Å². The highest BCUT2D eigenvalue weighted by molar-refractivity contribution is 7.59. The van der Waals surface area contributed by atoms with Crippen molar-refractivity contribution in [1.29, 1.82) is 0 Å². The number of carbonyl (C=O) groups excluding carboxylic acids is 2. The van der Waals surface area contributed by atoms with Crippen LogP contribution in [0.4, 0.5) is 0 Å². The number of aliphatic carboxylic acids is 2. The zero-order valence-electron chi connectivity index (χ0n) is 58.5. The van der Waals surface area contributed by atoms with E-state index in [1.165, 1.54) is 46.2 Å². The summed E-state index contributed by atoms with van der Waals surface area (Å²) in [5.74, 6) is 0.670. The Labute approximate surface area is 590 Å². The topological polar surface area (TPSA) is 320 Å². The Hall–Kier alpha value is -6.08. The number of nitrogens with two attached hydrogens (primary N) is 1. The molecule has 24 nitrogen and oxygen atoms in total. The van der Waals surface area contributed by atoms with Gasteiger partial charge in [0.2, 0.25) is 0 Å². The molecule has 1 unspecified atom stereocenters. The van der Waals surface area contributed by atoms with Crippen LogP contribution in [-0.4, -0.2) is 212 Å². The molecule has 3 spiro atoms. The van der Waals surface area contributed by atoms with Crippen molar-refractivity contribution in [2.75, 3.05) is 68.7 Å². The Morgan fingerprint density at radius 3 is 1.31 bits per heavy atom. The minimum Gasteiger partial charge on any atom is -0.493 e. The molecular weight excluding hydrogens is 1300 g/mol. The number of methoxy groups -OCH3 is 3. The van der Waals surface area contributed by atoms with Crippen molar-refractivity contribution >= 4 is 57.9 Å². The van der Waals surface area contributed by atoms with Gasteiger partial charge in [0.15, 0.2) is 46.7 Å². The van der Waals surface area contributed by atoms with E-state index in [0.717, 1.165) is 99.6 Å². The van der Waals surface area contributed by atoms with Crippen LogP contribution in [0.15, 0.2) is 72.9 Å². The Balaban J connectivity index is 0.000000186. The molecule has 7 aliphatic heterocycles. The summed E-state index contributed by atoms with van der Waals surface area (Å²) in [5, 5.41) is 55.1. The van der Waals surface area contributed by atoms with E-state index in [2.05, 4.69) is 84.4 Å². The van der Waals surface area contributed by atoms with Gasteiger partial charge in [-0.25, -0.2) is 9.59 Å². The van der Waals surface area contributed by atoms with Gasteiger partial charge in [-0.05, 0) is 146 Å². The van der Waals surface area contributed by atoms with Gasteiger partial charge in [-0.15, -0.1) is 0 Å². The Morgan fingerprint density at radius 1 is 0.612 bits per heavy atom. The third-order valence-electron chi connectivity index (χ3n) is 20.2. The fraction of sp³-hybridized carbons (Fsp3) is 0.606. The summed E-state index contributed by atoms with van der Waals surface area (Å²) < 4.78 is 52.6. The molecule has 98 heavy (non-hydrogen) atoms. The molecule has 13 rings (SSSR count). The number of aliphatic hydroxyl groups excluding tert-OH is 3. The van der Waals surface area contributed by atoms with Gasteiger partial charge in [0.25, 0.3) is 0 Å². The third-order valence-corrected chi connectivity index (χ3v) is 20.2.